The van der Waals surface area contributed by atoms with Gasteiger partial charge in [0.1, 0.15) is 0 Å². The summed E-state index contributed by atoms with van der Waals surface area (Å²) >= 11 is 0. The Kier molecular flexibility index (Phi) is 4.37. The minimum Gasteiger partial charge on any atom is -0.374 e. The van der Waals surface area contributed by atoms with Gasteiger partial charge in [-0.15, -0.1) is 0 Å². The number of carbonyl (C=O) groups excluding carboxylic acids is 1. The molecular formula is C14H22N4O. The highest BCUT2D eigenvalue weighted by molar-refractivity contribution is 5.98. The van der Waals surface area contributed by atoms with Crippen LogP contribution >= 0.6 is 0 Å². The zero-order valence-corrected chi connectivity index (χ0v) is 11.7. The fourth-order valence-electron chi connectivity index (χ4n) is 2.82. The fourth-order valence-corrected chi connectivity index (χ4v) is 2.82. The van der Waals surface area contributed by atoms with Crippen LogP contribution in [0.15, 0.2) is 18.5 Å². The Balaban J connectivity index is 2.07. The number of nitrogens with zero attached hydrogens (tertiary/aromatic N) is 3. The van der Waals surface area contributed by atoms with Crippen molar-refractivity contribution in [1.82, 2.24) is 9.88 Å². The number of hydrogen-bond acceptors (Lipinski definition) is 4. The molecule has 0 aliphatic carbocycles. The van der Waals surface area contributed by atoms with Gasteiger partial charge in [0, 0.05) is 32.5 Å². The average molecular weight is 262 g/mol. The second kappa shape index (κ2) is 6.02. The van der Waals surface area contributed by atoms with Crippen LogP contribution in [0.3, 0.4) is 0 Å². The Morgan fingerprint density at radius 1 is 1.63 bits per heavy atom. The molecule has 0 bridgehead atoms. The highest BCUT2D eigenvalue weighted by Crippen LogP contribution is 2.22. The lowest BCUT2D eigenvalue weighted by Gasteiger charge is -2.33. The van der Waals surface area contributed by atoms with Crippen LogP contribution in [-0.4, -0.2) is 49.5 Å². The summed E-state index contributed by atoms with van der Waals surface area (Å²) in [4.78, 5) is 19.9. The molecule has 0 aromatic carbocycles. The molecule has 1 fully saturated rings. The second-order valence-electron chi connectivity index (χ2n) is 5.41. The van der Waals surface area contributed by atoms with Gasteiger partial charge in [0.2, 0.25) is 0 Å². The molecule has 5 heteroatoms. The second-order valence-corrected chi connectivity index (χ2v) is 5.41. The van der Waals surface area contributed by atoms with Crippen LogP contribution in [-0.2, 0) is 0 Å². The fraction of sp³-hybridized carbons (Fsp3) is 0.571. The summed E-state index contributed by atoms with van der Waals surface area (Å²) in [5, 5.41) is 0. The number of likely N-dealkylation sites (tertiary alicyclic amines) is 1. The Labute approximate surface area is 114 Å². The average Bonchev–Trinajstić information content (AvgIpc) is 2.38. The lowest BCUT2D eigenvalue weighted by atomic mass is 9.97. The summed E-state index contributed by atoms with van der Waals surface area (Å²) in [6.07, 6.45) is 5.73. The number of rotatable bonds is 4. The Morgan fingerprint density at radius 3 is 3.11 bits per heavy atom. The molecule has 19 heavy (non-hydrogen) atoms. The summed E-state index contributed by atoms with van der Waals surface area (Å²) in [6.45, 7) is 3.23. The molecule has 1 aromatic rings. The molecule has 104 valence electrons. The molecule has 1 atom stereocenters. The van der Waals surface area contributed by atoms with Crippen molar-refractivity contribution in [2.75, 3.05) is 38.6 Å². The first kappa shape index (κ1) is 13.8. The number of pyridine rings is 1. The standard InChI is InChI=1S/C14H22N4O/c1-17-7-3-4-11(9-17)10-18(2)13-5-6-16-8-12(13)14(15)19/h5-6,8,11H,3-4,7,9-10H2,1-2H3,(H2,15,19). The molecule has 1 amide bonds. The van der Waals surface area contributed by atoms with Gasteiger partial charge in [0.15, 0.2) is 0 Å². The molecule has 5 nitrogen and oxygen atoms in total. The van der Waals surface area contributed by atoms with Gasteiger partial charge >= 0.3 is 0 Å². The third-order valence-corrected chi connectivity index (χ3v) is 3.73. The van der Waals surface area contributed by atoms with Gasteiger partial charge in [-0.05, 0) is 38.4 Å². The Morgan fingerprint density at radius 2 is 2.42 bits per heavy atom. The van der Waals surface area contributed by atoms with E-state index in [1.54, 1.807) is 12.4 Å². The number of piperidine rings is 1. The van der Waals surface area contributed by atoms with Gasteiger partial charge in [0.05, 0.1) is 11.3 Å². The Bertz CT molecular complexity index is 449. The third-order valence-electron chi connectivity index (χ3n) is 3.73. The minimum atomic E-state index is -0.421. The zero-order chi connectivity index (χ0) is 13.8. The molecule has 2 heterocycles. The summed E-state index contributed by atoms with van der Waals surface area (Å²) in [7, 11) is 4.17. The van der Waals surface area contributed by atoms with Gasteiger partial charge in [-0.2, -0.15) is 0 Å². The van der Waals surface area contributed by atoms with Crippen molar-refractivity contribution in [3.63, 3.8) is 0 Å². The van der Waals surface area contributed by atoms with Crippen molar-refractivity contribution in [2.24, 2.45) is 11.7 Å². The highest BCUT2D eigenvalue weighted by Gasteiger charge is 2.20. The van der Waals surface area contributed by atoms with Crippen molar-refractivity contribution in [3.8, 4) is 0 Å². The van der Waals surface area contributed by atoms with E-state index < -0.39 is 5.91 Å². The van der Waals surface area contributed by atoms with E-state index in [9.17, 15) is 4.79 Å². The number of aromatic nitrogens is 1. The number of hydrogen-bond donors (Lipinski definition) is 1. The van der Waals surface area contributed by atoms with Gasteiger partial charge < -0.3 is 15.5 Å². The maximum atomic E-state index is 11.4. The molecule has 2 rings (SSSR count). The van der Waals surface area contributed by atoms with Crippen LogP contribution < -0.4 is 10.6 Å². The van der Waals surface area contributed by atoms with Crippen molar-refractivity contribution in [2.45, 2.75) is 12.8 Å². The lowest BCUT2D eigenvalue weighted by molar-refractivity contribution is 0.100. The van der Waals surface area contributed by atoms with Crippen molar-refractivity contribution >= 4 is 11.6 Å². The number of amides is 1. The number of nitrogens with two attached hydrogens (primary N) is 1. The topological polar surface area (TPSA) is 62.5 Å². The number of carbonyl (C=O) groups is 1. The monoisotopic (exact) mass is 262 g/mol. The number of anilines is 1. The molecule has 1 saturated heterocycles. The Hall–Kier alpha value is -1.62. The summed E-state index contributed by atoms with van der Waals surface area (Å²) in [5.41, 5.74) is 6.76. The number of primary amides is 1. The molecular weight excluding hydrogens is 240 g/mol. The third kappa shape index (κ3) is 3.44. The summed E-state index contributed by atoms with van der Waals surface area (Å²) in [5.74, 6) is 0.216. The minimum absolute atomic E-state index is 0.421. The van der Waals surface area contributed by atoms with E-state index in [-0.39, 0.29) is 0 Å². The van der Waals surface area contributed by atoms with Crippen LogP contribution in [0.1, 0.15) is 23.2 Å². The predicted molar refractivity (Wildman–Crippen MR) is 76.2 cm³/mol. The first-order chi connectivity index (χ1) is 9.08. The van der Waals surface area contributed by atoms with E-state index in [4.69, 9.17) is 5.73 Å². The van der Waals surface area contributed by atoms with Crippen molar-refractivity contribution in [3.05, 3.63) is 24.0 Å². The predicted octanol–water partition coefficient (Wildman–Crippen LogP) is 0.959. The largest absolute Gasteiger partial charge is 0.374 e. The van der Waals surface area contributed by atoms with Crippen molar-refractivity contribution in [1.29, 1.82) is 0 Å². The van der Waals surface area contributed by atoms with Crippen LogP contribution in [0.5, 0.6) is 0 Å². The maximum absolute atomic E-state index is 11.4. The highest BCUT2D eigenvalue weighted by atomic mass is 16.1. The first-order valence-corrected chi connectivity index (χ1v) is 6.71. The van der Waals surface area contributed by atoms with Crippen LogP contribution in [0.2, 0.25) is 0 Å². The van der Waals surface area contributed by atoms with Gasteiger partial charge in [0.25, 0.3) is 5.91 Å². The summed E-state index contributed by atoms with van der Waals surface area (Å²) in [6, 6.07) is 1.85. The van der Waals surface area contributed by atoms with E-state index in [2.05, 4.69) is 21.8 Å². The normalized spacial score (nSPS) is 20.2. The van der Waals surface area contributed by atoms with Crippen LogP contribution in [0, 0.1) is 5.92 Å². The van der Waals surface area contributed by atoms with Gasteiger partial charge in [-0.25, -0.2) is 0 Å². The maximum Gasteiger partial charge on any atom is 0.252 e. The van der Waals surface area contributed by atoms with E-state index in [1.807, 2.05) is 13.1 Å². The molecule has 1 unspecified atom stereocenters. The van der Waals surface area contributed by atoms with Crippen LogP contribution in [0.4, 0.5) is 5.69 Å². The molecule has 1 aliphatic rings. The van der Waals surface area contributed by atoms with Crippen molar-refractivity contribution < 1.29 is 4.79 Å². The van der Waals surface area contributed by atoms with E-state index >= 15 is 0 Å². The molecule has 1 aliphatic heterocycles. The van der Waals surface area contributed by atoms with E-state index in [0.29, 0.717) is 11.5 Å². The molecule has 2 N–H and O–H groups in total. The zero-order valence-electron chi connectivity index (χ0n) is 11.7. The van der Waals surface area contributed by atoms with E-state index in [0.717, 1.165) is 18.8 Å². The first-order valence-electron chi connectivity index (χ1n) is 6.71. The smallest absolute Gasteiger partial charge is 0.252 e. The van der Waals surface area contributed by atoms with Gasteiger partial charge in [-0.3, -0.25) is 9.78 Å². The summed E-state index contributed by atoms with van der Waals surface area (Å²) < 4.78 is 0. The lowest BCUT2D eigenvalue weighted by Crippen LogP contribution is -2.38. The van der Waals surface area contributed by atoms with Gasteiger partial charge in [-0.1, -0.05) is 0 Å². The quantitative estimate of drug-likeness (QED) is 0.878. The molecule has 0 radical (unpaired) electrons. The molecule has 0 saturated carbocycles. The van der Waals surface area contributed by atoms with E-state index in [1.165, 1.54) is 19.4 Å². The van der Waals surface area contributed by atoms with Crippen LogP contribution in [0.25, 0.3) is 0 Å². The molecule has 1 aromatic heterocycles. The SMILES string of the molecule is CN1CCCC(CN(C)c2ccncc2C(N)=O)C1. The molecule has 0 spiro atoms.